The third-order valence-corrected chi connectivity index (χ3v) is 5.17. The summed E-state index contributed by atoms with van der Waals surface area (Å²) in [6, 6.07) is 0. The maximum Gasteiger partial charge on any atom is 0.108 e. The van der Waals surface area contributed by atoms with Gasteiger partial charge in [-0.05, 0) is 0 Å². The first-order valence-corrected chi connectivity index (χ1v) is 8.11. The van der Waals surface area contributed by atoms with Crippen molar-refractivity contribution in [3.63, 3.8) is 0 Å². The van der Waals surface area contributed by atoms with Gasteiger partial charge in [0.2, 0.25) is 0 Å². The Bertz CT molecular complexity index is 64.5. The highest BCUT2D eigenvalue weighted by Gasteiger charge is 2.11. The van der Waals surface area contributed by atoms with Crippen molar-refractivity contribution in [2.24, 2.45) is 5.73 Å². The van der Waals surface area contributed by atoms with Gasteiger partial charge in [-0.1, -0.05) is 19.6 Å². The molecule has 0 aromatic rings. The monoisotopic (exact) mass is 185 g/mol. The van der Waals surface area contributed by atoms with Crippen molar-refractivity contribution in [3.8, 4) is 0 Å². The van der Waals surface area contributed by atoms with Gasteiger partial charge in [0.05, 0.1) is 0 Å². The number of rotatable bonds is 3. The van der Waals surface area contributed by atoms with Gasteiger partial charge in [0, 0.05) is 12.3 Å². The smallest absolute Gasteiger partial charge is 0.108 e. The molecule has 2 N–H and O–H groups in total. The van der Waals surface area contributed by atoms with E-state index in [1.807, 2.05) is 11.2 Å². The van der Waals surface area contributed by atoms with E-state index in [-0.39, 0.29) is 12.4 Å². The van der Waals surface area contributed by atoms with E-state index in [4.69, 9.17) is 5.73 Å². The quantitative estimate of drug-likeness (QED) is 0.681. The summed E-state index contributed by atoms with van der Waals surface area (Å²) in [7, 11) is -0.842. The van der Waals surface area contributed by atoms with Gasteiger partial charge in [0.25, 0.3) is 0 Å². The van der Waals surface area contributed by atoms with E-state index in [9.17, 15) is 0 Å². The molecule has 0 saturated carbocycles. The molecule has 0 aliphatic rings. The number of halogens is 1. The summed E-state index contributed by atoms with van der Waals surface area (Å²) >= 11 is 2.05. The van der Waals surface area contributed by atoms with Crippen LogP contribution in [0.25, 0.3) is 0 Å². The molecular formula is C5H16ClNSSi. The summed E-state index contributed by atoms with van der Waals surface area (Å²) in [4.78, 5) is 0. The zero-order valence-electron chi connectivity index (χ0n) is 6.31. The first kappa shape index (κ1) is 12.5. The van der Waals surface area contributed by atoms with Gasteiger partial charge in [0.15, 0.2) is 0 Å². The van der Waals surface area contributed by atoms with Crippen molar-refractivity contribution in [3.05, 3.63) is 0 Å². The maximum atomic E-state index is 5.34. The molecule has 0 atom stereocenters. The van der Waals surface area contributed by atoms with E-state index in [1.165, 1.54) is 0 Å². The van der Waals surface area contributed by atoms with Gasteiger partial charge in [-0.15, -0.1) is 12.4 Å². The van der Waals surface area contributed by atoms with Crippen LogP contribution in [0.1, 0.15) is 0 Å². The van der Waals surface area contributed by atoms with Crippen molar-refractivity contribution in [2.45, 2.75) is 19.6 Å². The Morgan fingerprint density at radius 3 is 1.89 bits per heavy atom. The van der Waals surface area contributed by atoms with E-state index in [0.29, 0.717) is 0 Å². The van der Waals surface area contributed by atoms with Crippen LogP contribution in [0.3, 0.4) is 0 Å². The molecule has 0 spiro atoms. The zero-order chi connectivity index (χ0) is 6.62. The van der Waals surface area contributed by atoms with Crippen LogP contribution in [0.4, 0.5) is 0 Å². The second-order valence-electron chi connectivity index (χ2n) is 2.75. The predicted molar refractivity (Wildman–Crippen MR) is 52.1 cm³/mol. The molecular weight excluding hydrogens is 170 g/mol. The Kier molecular flexibility index (Phi) is 7.76. The van der Waals surface area contributed by atoms with Crippen LogP contribution in [0.2, 0.25) is 19.6 Å². The molecule has 0 aliphatic carbocycles. The van der Waals surface area contributed by atoms with E-state index < -0.39 is 7.22 Å². The Morgan fingerprint density at radius 1 is 1.33 bits per heavy atom. The third kappa shape index (κ3) is 12.1. The first-order valence-electron chi connectivity index (χ1n) is 2.90. The molecule has 0 fully saturated rings. The molecule has 0 bridgehead atoms. The van der Waals surface area contributed by atoms with Crippen molar-refractivity contribution < 1.29 is 0 Å². The summed E-state index contributed by atoms with van der Waals surface area (Å²) in [6.45, 7) is 7.85. The van der Waals surface area contributed by atoms with Crippen LogP contribution in [-0.2, 0) is 0 Å². The topological polar surface area (TPSA) is 26.0 Å². The van der Waals surface area contributed by atoms with Crippen LogP contribution < -0.4 is 5.73 Å². The second-order valence-corrected chi connectivity index (χ2v) is 12.2. The zero-order valence-corrected chi connectivity index (χ0v) is 8.94. The molecule has 9 heavy (non-hydrogen) atoms. The summed E-state index contributed by atoms with van der Waals surface area (Å²) in [6.07, 6.45) is 0. The van der Waals surface area contributed by atoms with Gasteiger partial charge >= 0.3 is 0 Å². The summed E-state index contributed by atoms with van der Waals surface area (Å²) < 4.78 is 0. The maximum absolute atomic E-state index is 5.34. The number of hydrogen-bond acceptors (Lipinski definition) is 2. The fourth-order valence-corrected chi connectivity index (χ4v) is 3.29. The van der Waals surface area contributed by atoms with Crippen LogP contribution >= 0.6 is 23.6 Å². The second kappa shape index (κ2) is 5.59. The third-order valence-electron chi connectivity index (χ3n) is 0.653. The highest BCUT2D eigenvalue weighted by molar-refractivity contribution is 8.28. The minimum atomic E-state index is -0.842. The summed E-state index contributed by atoms with van der Waals surface area (Å²) in [5.74, 6) is 1.13. The number of hydrogen-bond donors (Lipinski definition) is 1. The minimum absolute atomic E-state index is 0. The van der Waals surface area contributed by atoms with Gasteiger partial charge in [-0.25, -0.2) is 0 Å². The molecule has 0 radical (unpaired) electrons. The molecule has 0 heterocycles. The Morgan fingerprint density at radius 2 is 1.78 bits per heavy atom. The van der Waals surface area contributed by atoms with Crippen LogP contribution in [-0.4, -0.2) is 19.5 Å². The van der Waals surface area contributed by atoms with Crippen molar-refractivity contribution in [1.82, 2.24) is 0 Å². The average Bonchev–Trinajstić information content (AvgIpc) is 1.59. The molecule has 0 rings (SSSR count). The van der Waals surface area contributed by atoms with Crippen LogP contribution in [0, 0.1) is 0 Å². The highest BCUT2D eigenvalue weighted by atomic mass is 35.5. The molecule has 0 aromatic heterocycles. The minimum Gasteiger partial charge on any atom is -0.330 e. The molecule has 0 aromatic carbocycles. The molecule has 0 unspecified atom stereocenters. The largest absolute Gasteiger partial charge is 0.330 e. The molecule has 0 amide bonds. The van der Waals surface area contributed by atoms with Crippen molar-refractivity contribution in [1.29, 1.82) is 0 Å². The first-order chi connectivity index (χ1) is 3.56. The molecule has 1 nitrogen and oxygen atoms in total. The SMILES string of the molecule is C[Si](C)(C)SCCN.Cl. The Hall–Kier alpha value is 0.817. The summed E-state index contributed by atoms with van der Waals surface area (Å²) in [5, 5.41) is 0. The van der Waals surface area contributed by atoms with Crippen LogP contribution in [0.5, 0.6) is 0 Å². The predicted octanol–water partition coefficient (Wildman–Crippen LogP) is 1.94. The van der Waals surface area contributed by atoms with Gasteiger partial charge in [0.1, 0.15) is 7.22 Å². The van der Waals surface area contributed by atoms with E-state index in [0.717, 1.165) is 12.3 Å². The van der Waals surface area contributed by atoms with E-state index in [2.05, 4.69) is 19.6 Å². The lowest BCUT2D eigenvalue weighted by molar-refractivity contribution is 1.15. The fraction of sp³-hybridized carbons (Fsp3) is 1.00. The molecule has 58 valence electrons. The lowest BCUT2D eigenvalue weighted by Gasteiger charge is -2.13. The van der Waals surface area contributed by atoms with Gasteiger partial charge < -0.3 is 5.73 Å². The fourth-order valence-electron chi connectivity index (χ4n) is 0.365. The number of nitrogens with two attached hydrogens (primary N) is 1. The van der Waals surface area contributed by atoms with Gasteiger partial charge in [-0.2, -0.15) is 11.2 Å². The lowest BCUT2D eigenvalue weighted by atomic mass is 10.8. The summed E-state index contributed by atoms with van der Waals surface area (Å²) in [5.41, 5.74) is 5.34. The van der Waals surface area contributed by atoms with E-state index in [1.54, 1.807) is 0 Å². The van der Waals surface area contributed by atoms with E-state index >= 15 is 0 Å². The molecule has 0 aliphatic heterocycles. The average molecular weight is 186 g/mol. The molecule has 4 heteroatoms. The normalized spacial score (nSPS) is 10.7. The highest BCUT2D eigenvalue weighted by Crippen LogP contribution is 2.17. The lowest BCUT2D eigenvalue weighted by Crippen LogP contribution is -2.17. The van der Waals surface area contributed by atoms with Crippen LogP contribution in [0.15, 0.2) is 0 Å². The van der Waals surface area contributed by atoms with Gasteiger partial charge in [-0.3, -0.25) is 0 Å². The Labute approximate surface area is 68.8 Å². The molecule has 0 saturated heterocycles. The van der Waals surface area contributed by atoms with Crippen molar-refractivity contribution >= 4 is 30.8 Å². The Balaban J connectivity index is 0. The van der Waals surface area contributed by atoms with Crippen molar-refractivity contribution in [2.75, 3.05) is 12.3 Å². The standard InChI is InChI=1S/C5H15NSSi.ClH/c1-8(2,3)7-5-4-6;/h4-6H2,1-3H3;1H.